The van der Waals surface area contributed by atoms with E-state index in [2.05, 4.69) is 0 Å². The molecule has 0 N–H and O–H groups in total. The van der Waals surface area contributed by atoms with Gasteiger partial charge in [-0.25, -0.2) is 8.42 Å². The van der Waals surface area contributed by atoms with E-state index < -0.39 is 10.0 Å². The quantitative estimate of drug-likeness (QED) is 0.808. The number of rotatable bonds is 5. The van der Waals surface area contributed by atoms with Crippen LogP contribution in [0, 0.1) is 5.92 Å². The number of nitrogens with zero attached hydrogens (tertiary/aromatic N) is 2. The van der Waals surface area contributed by atoms with Gasteiger partial charge in [-0.15, -0.1) is 0 Å². The smallest absolute Gasteiger partial charge is 0.243 e. The molecule has 1 saturated heterocycles. The minimum absolute atomic E-state index is 0.00528. The lowest BCUT2D eigenvalue weighted by molar-refractivity contribution is -0.117. The van der Waals surface area contributed by atoms with Crippen molar-refractivity contribution in [3.63, 3.8) is 0 Å². The van der Waals surface area contributed by atoms with Gasteiger partial charge in [-0.05, 0) is 49.4 Å². The molecule has 0 aromatic heterocycles. The Morgan fingerprint density at radius 3 is 2.88 bits per heavy atom. The van der Waals surface area contributed by atoms with E-state index in [0.29, 0.717) is 26.3 Å². The average molecular weight is 352 g/mol. The van der Waals surface area contributed by atoms with Crippen molar-refractivity contribution in [3.8, 4) is 0 Å². The molecule has 1 aromatic carbocycles. The van der Waals surface area contributed by atoms with Gasteiger partial charge < -0.3 is 9.64 Å². The van der Waals surface area contributed by atoms with E-state index in [1.165, 1.54) is 0 Å². The molecule has 7 heteroatoms. The number of fused-ring (bicyclic) bond motifs is 1. The van der Waals surface area contributed by atoms with Gasteiger partial charge in [0.05, 0.1) is 17.9 Å². The maximum atomic E-state index is 13.0. The number of benzene rings is 1. The van der Waals surface area contributed by atoms with E-state index in [1.807, 2.05) is 6.92 Å². The first-order valence-corrected chi connectivity index (χ1v) is 9.85. The van der Waals surface area contributed by atoms with Gasteiger partial charge in [0.25, 0.3) is 0 Å². The maximum Gasteiger partial charge on any atom is 0.243 e. The lowest BCUT2D eigenvalue weighted by Crippen LogP contribution is -2.41. The molecular formula is C17H24N2O4S. The fourth-order valence-corrected chi connectivity index (χ4v) is 5.03. The van der Waals surface area contributed by atoms with Gasteiger partial charge >= 0.3 is 0 Å². The predicted molar refractivity (Wildman–Crippen MR) is 91.5 cm³/mol. The summed E-state index contributed by atoms with van der Waals surface area (Å²) < 4.78 is 32.9. The number of hydrogen-bond donors (Lipinski definition) is 0. The summed E-state index contributed by atoms with van der Waals surface area (Å²) in [5, 5.41) is 0. The van der Waals surface area contributed by atoms with E-state index >= 15 is 0 Å². The number of anilines is 1. The molecule has 2 aliphatic heterocycles. The highest BCUT2D eigenvalue weighted by molar-refractivity contribution is 7.89. The van der Waals surface area contributed by atoms with E-state index in [9.17, 15) is 13.2 Å². The molecule has 1 fully saturated rings. The van der Waals surface area contributed by atoms with Gasteiger partial charge in [0.15, 0.2) is 0 Å². The summed E-state index contributed by atoms with van der Waals surface area (Å²) in [5.74, 6) is 0.241. The van der Waals surface area contributed by atoms with Gasteiger partial charge in [-0.1, -0.05) is 0 Å². The van der Waals surface area contributed by atoms with E-state index in [-0.39, 0.29) is 23.1 Å². The van der Waals surface area contributed by atoms with Crippen LogP contribution in [-0.2, 0) is 26.0 Å². The Labute approximate surface area is 143 Å². The van der Waals surface area contributed by atoms with Crippen LogP contribution < -0.4 is 4.90 Å². The van der Waals surface area contributed by atoms with Crippen LogP contribution in [0.3, 0.4) is 0 Å². The molecule has 0 bridgehead atoms. The number of piperidine rings is 1. The molecule has 24 heavy (non-hydrogen) atoms. The minimum atomic E-state index is -3.53. The van der Waals surface area contributed by atoms with Gasteiger partial charge in [-0.3, -0.25) is 4.79 Å². The third-order valence-corrected chi connectivity index (χ3v) is 6.67. The highest BCUT2D eigenvalue weighted by Gasteiger charge is 2.32. The molecule has 0 aliphatic carbocycles. The van der Waals surface area contributed by atoms with Gasteiger partial charge in [0, 0.05) is 32.4 Å². The van der Waals surface area contributed by atoms with Crippen molar-refractivity contribution in [1.82, 2.24) is 4.31 Å². The molecule has 0 radical (unpaired) electrons. The molecular weight excluding hydrogens is 328 g/mol. The number of hydrogen-bond acceptors (Lipinski definition) is 4. The van der Waals surface area contributed by atoms with Crippen molar-refractivity contribution in [2.45, 2.75) is 31.1 Å². The standard InChI is InChI=1S/C17H24N2O4S/c1-3-23-12-13-5-4-8-19(11-13)24(21,22)15-6-7-16-14(9-15)10-17(20)18(16)2/h6-7,9,13H,3-5,8,10-12H2,1-2H3. The van der Waals surface area contributed by atoms with Crippen molar-refractivity contribution < 1.29 is 17.9 Å². The summed E-state index contributed by atoms with van der Waals surface area (Å²) in [4.78, 5) is 13.6. The van der Waals surface area contributed by atoms with Crippen LogP contribution >= 0.6 is 0 Å². The number of likely N-dealkylation sites (N-methyl/N-ethyl adjacent to an activating group) is 1. The van der Waals surface area contributed by atoms with E-state index in [0.717, 1.165) is 24.1 Å². The number of carbonyl (C=O) groups excluding carboxylic acids is 1. The first kappa shape index (κ1) is 17.4. The Morgan fingerprint density at radius 2 is 2.12 bits per heavy atom. The zero-order valence-electron chi connectivity index (χ0n) is 14.2. The SMILES string of the molecule is CCOCC1CCCN(S(=O)(=O)c2ccc3c(c2)CC(=O)N3C)C1. The zero-order valence-corrected chi connectivity index (χ0v) is 15.0. The molecule has 1 aromatic rings. The van der Waals surface area contributed by atoms with E-state index in [4.69, 9.17) is 4.74 Å². The van der Waals surface area contributed by atoms with Crippen molar-refractivity contribution in [3.05, 3.63) is 23.8 Å². The fourth-order valence-electron chi connectivity index (χ4n) is 3.42. The molecule has 2 aliphatic rings. The highest BCUT2D eigenvalue weighted by Crippen LogP contribution is 2.31. The monoisotopic (exact) mass is 352 g/mol. The average Bonchev–Trinajstić information content (AvgIpc) is 2.87. The van der Waals surface area contributed by atoms with Crippen LogP contribution in [0.4, 0.5) is 5.69 Å². The molecule has 3 rings (SSSR count). The van der Waals surface area contributed by atoms with Crippen LogP contribution in [-0.4, -0.2) is 52.0 Å². The second kappa shape index (κ2) is 6.82. The van der Waals surface area contributed by atoms with Crippen molar-refractivity contribution >= 4 is 21.6 Å². The molecule has 0 saturated carbocycles. The predicted octanol–water partition coefficient (Wildman–Crippen LogP) is 1.64. The highest BCUT2D eigenvalue weighted by atomic mass is 32.2. The molecule has 6 nitrogen and oxygen atoms in total. The molecule has 2 heterocycles. The third kappa shape index (κ3) is 3.20. The topological polar surface area (TPSA) is 66.9 Å². The van der Waals surface area contributed by atoms with Crippen LogP contribution in [0.2, 0.25) is 0 Å². The second-order valence-electron chi connectivity index (χ2n) is 6.45. The van der Waals surface area contributed by atoms with Crippen LogP contribution in [0.1, 0.15) is 25.3 Å². The summed E-state index contributed by atoms with van der Waals surface area (Å²) in [6, 6.07) is 4.99. The largest absolute Gasteiger partial charge is 0.381 e. The Hall–Kier alpha value is -1.44. The third-order valence-electron chi connectivity index (χ3n) is 4.81. The van der Waals surface area contributed by atoms with Crippen molar-refractivity contribution in [2.24, 2.45) is 5.92 Å². The van der Waals surface area contributed by atoms with Crippen molar-refractivity contribution in [2.75, 3.05) is 38.3 Å². The van der Waals surface area contributed by atoms with Crippen molar-refractivity contribution in [1.29, 1.82) is 0 Å². The Bertz CT molecular complexity index is 732. The second-order valence-corrected chi connectivity index (χ2v) is 8.39. The molecule has 132 valence electrons. The van der Waals surface area contributed by atoms with Crippen LogP contribution in [0.5, 0.6) is 0 Å². The summed E-state index contributed by atoms with van der Waals surface area (Å²) in [6.45, 7) is 4.24. The summed E-state index contributed by atoms with van der Waals surface area (Å²) in [5.41, 5.74) is 1.58. The Morgan fingerprint density at radius 1 is 1.33 bits per heavy atom. The van der Waals surface area contributed by atoms with Crippen LogP contribution in [0.15, 0.2) is 23.1 Å². The molecule has 0 spiro atoms. The zero-order chi connectivity index (χ0) is 17.3. The lowest BCUT2D eigenvalue weighted by atomic mass is 10.0. The fraction of sp³-hybridized carbons (Fsp3) is 0.588. The number of carbonyl (C=O) groups is 1. The number of amides is 1. The Balaban J connectivity index is 1.81. The summed E-state index contributed by atoms with van der Waals surface area (Å²) in [7, 11) is -1.81. The number of sulfonamides is 1. The maximum absolute atomic E-state index is 13.0. The number of ether oxygens (including phenoxy) is 1. The van der Waals surface area contributed by atoms with Gasteiger partial charge in [-0.2, -0.15) is 4.31 Å². The first-order chi connectivity index (χ1) is 11.4. The van der Waals surface area contributed by atoms with E-state index in [1.54, 1.807) is 34.5 Å². The first-order valence-electron chi connectivity index (χ1n) is 8.41. The minimum Gasteiger partial charge on any atom is -0.381 e. The molecule has 1 amide bonds. The normalized spacial score (nSPS) is 22.0. The Kier molecular flexibility index (Phi) is 4.94. The van der Waals surface area contributed by atoms with Crippen LogP contribution in [0.25, 0.3) is 0 Å². The summed E-state index contributed by atoms with van der Waals surface area (Å²) >= 11 is 0. The molecule has 1 atom stereocenters. The summed E-state index contributed by atoms with van der Waals surface area (Å²) in [6.07, 6.45) is 2.11. The lowest BCUT2D eigenvalue weighted by Gasteiger charge is -2.31. The van der Waals surface area contributed by atoms with Gasteiger partial charge in [0.1, 0.15) is 0 Å². The van der Waals surface area contributed by atoms with Gasteiger partial charge in [0.2, 0.25) is 15.9 Å². The molecule has 1 unspecified atom stereocenters.